The standard InChI is InChI=1S/C20H14ClNO/c21-19-11-5-10-18(22-19)20(23)17-12-13-6-1-2-7-14(13)15-8-3-4-9-16(15)17/h1-12,20,23H. The first-order chi connectivity index (χ1) is 11.2. The van der Waals surface area contributed by atoms with Gasteiger partial charge in [-0.15, -0.1) is 0 Å². The molecule has 1 heterocycles. The smallest absolute Gasteiger partial charge is 0.129 e. The maximum Gasteiger partial charge on any atom is 0.129 e. The van der Waals surface area contributed by atoms with E-state index in [1.54, 1.807) is 18.2 Å². The summed E-state index contributed by atoms with van der Waals surface area (Å²) in [7, 11) is 0. The molecule has 0 bridgehead atoms. The largest absolute Gasteiger partial charge is 0.382 e. The van der Waals surface area contributed by atoms with Crippen molar-refractivity contribution < 1.29 is 5.11 Å². The van der Waals surface area contributed by atoms with Crippen LogP contribution < -0.4 is 0 Å². The van der Waals surface area contributed by atoms with Crippen LogP contribution in [0.3, 0.4) is 0 Å². The molecule has 2 nitrogen and oxygen atoms in total. The molecule has 0 aliphatic heterocycles. The summed E-state index contributed by atoms with van der Waals surface area (Å²) < 4.78 is 0. The van der Waals surface area contributed by atoms with Gasteiger partial charge in [-0.1, -0.05) is 66.2 Å². The van der Waals surface area contributed by atoms with Crippen LogP contribution in [0.25, 0.3) is 21.5 Å². The second-order valence-corrected chi connectivity index (χ2v) is 5.91. The third-order valence-electron chi connectivity index (χ3n) is 4.11. The van der Waals surface area contributed by atoms with E-state index in [4.69, 9.17) is 11.6 Å². The van der Waals surface area contributed by atoms with Crippen molar-refractivity contribution in [3.8, 4) is 0 Å². The molecule has 1 atom stereocenters. The Morgan fingerprint density at radius 3 is 2.26 bits per heavy atom. The predicted octanol–water partition coefficient (Wildman–Crippen LogP) is 5.12. The van der Waals surface area contributed by atoms with E-state index in [9.17, 15) is 5.11 Å². The van der Waals surface area contributed by atoms with E-state index in [-0.39, 0.29) is 0 Å². The van der Waals surface area contributed by atoms with E-state index in [0.29, 0.717) is 10.8 Å². The van der Waals surface area contributed by atoms with Crippen LogP contribution in [-0.4, -0.2) is 10.1 Å². The fourth-order valence-electron chi connectivity index (χ4n) is 3.04. The molecule has 112 valence electrons. The van der Waals surface area contributed by atoms with Gasteiger partial charge in [-0.2, -0.15) is 0 Å². The topological polar surface area (TPSA) is 33.1 Å². The van der Waals surface area contributed by atoms with Gasteiger partial charge in [-0.25, -0.2) is 4.98 Å². The minimum Gasteiger partial charge on any atom is -0.382 e. The molecule has 0 radical (unpaired) electrons. The summed E-state index contributed by atoms with van der Waals surface area (Å²) in [6, 6.07) is 23.6. The molecule has 1 unspecified atom stereocenters. The second kappa shape index (κ2) is 5.65. The van der Waals surface area contributed by atoms with Gasteiger partial charge >= 0.3 is 0 Å². The van der Waals surface area contributed by atoms with Crippen molar-refractivity contribution >= 4 is 33.1 Å². The maximum absolute atomic E-state index is 10.9. The summed E-state index contributed by atoms with van der Waals surface area (Å²) in [6.07, 6.45) is -0.816. The van der Waals surface area contributed by atoms with Crippen LogP contribution in [0.1, 0.15) is 17.4 Å². The van der Waals surface area contributed by atoms with E-state index in [1.165, 1.54) is 5.39 Å². The monoisotopic (exact) mass is 319 g/mol. The van der Waals surface area contributed by atoms with Gasteiger partial charge in [-0.05, 0) is 45.3 Å². The summed E-state index contributed by atoms with van der Waals surface area (Å²) in [5, 5.41) is 15.7. The van der Waals surface area contributed by atoms with Crippen LogP contribution in [0.2, 0.25) is 5.15 Å². The van der Waals surface area contributed by atoms with Gasteiger partial charge in [0.15, 0.2) is 0 Å². The molecule has 4 aromatic rings. The van der Waals surface area contributed by atoms with Crippen molar-refractivity contribution in [3.05, 3.63) is 89.2 Å². The molecular formula is C20H14ClNO. The lowest BCUT2D eigenvalue weighted by Crippen LogP contribution is -2.03. The molecule has 0 aliphatic carbocycles. The maximum atomic E-state index is 10.9. The number of hydrogen-bond donors (Lipinski definition) is 1. The number of rotatable bonds is 2. The molecule has 23 heavy (non-hydrogen) atoms. The lowest BCUT2D eigenvalue weighted by atomic mass is 9.93. The van der Waals surface area contributed by atoms with Crippen molar-refractivity contribution in [2.24, 2.45) is 0 Å². The van der Waals surface area contributed by atoms with Gasteiger partial charge in [0.25, 0.3) is 0 Å². The average molecular weight is 320 g/mol. The van der Waals surface area contributed by atoms with Crippen LogP contribution in [0.5, 0.6) is 0 Å². The summed E-state index contributed by atoms with van der Waals surface area (Å²) in [6.45, 7) is 0. The Morgan fingerprint density at radius 1 is 0.783 bits per heavy atom. The molecule has 1 N–H and O–H groups in total. The number of aliphatic hydroxyl groups excluding tert-OH is 1. The lowest BCUT2D eigenvalue weighted by Gasteiger charge is -2.16. The van der Waals surface area contributed by atoms with Gasteiger partial charge in [0.05, 0.1) is 5.69 Å². The Balaban J connectivity index is 2.01. The van der Waals surface area contributed by atoms with Gasteiger partial charge in [0, 0.05) is 0 Å². The van der Waals surface area contributed by atoms with E-state index < -0.39 is 6.10 Å². The third-order valence-corrected chi connectivity index (χ3v) is 4.32. The van der Waals surface area contributed by atoms with Crippen molar-refractivity contribution in [1.82, 2.24) is 4.98 Å². The molecule has 0 fully saturated rings. The zero-order chi connectivity index (χ0) is 15.8. The molecule has 0 spiro atoms. The zero-order valence-electron chi connectivity index (χ0n) is 12.3. The van der Waals surface area contributed by atoms with E-state index in [0.717, 1.165) is 21.7 Å². The summed E-state index contributed by atoms with van der Waals surface area (Å²) >= 11 is 5.97. The van der Waals surface area contributed by atoms with E-state index >= 15 is 0 Å². The lowest BCUT2D eigenvalue weighted by molar-refractivity contribution is 0.217. The van der Waals surface area contributed by atoms with Crippen molar-refractivity contribution in [1.29, 1.82) is 0 Å². The molecule has 3 heteroatoms. The van der Waals surface area contributed by atoms with Gasteiger partial charge in [0.2, 0.25) is 0 Å². The highest BCUT2D eigenvalue weighted by atomic mass is 35.5. The van der Waals surface area contributed by atoms with E-state index in [1.807, 2.05) is 36.4 Å². The van der Waals surface area contributed by atoms with Crippen molar-refractivity contribution in [2.45, 2.75) is 6.10 Å². The SMILES string of the molecule is OC(c1cccc(Cl)n1)c1cc2ccccc2c2ccccc12. The number of hydrogen-bond acceptors (Lipinski definition) is 2. The summed E-state index contributed by atoms with van der Waals surface area (Å²) in [5.74, 6) is 0. The second-order valence-electron chi connectivity index (χ2n) is 5.52. The normalized spacial score (nSPS) is 12.6. The number of pyridine rings is 1. The fraction of sp³-hybridized carbons (Fsp3) is 0.0500. The molecule has 0 aliphatic rings. The molecule has 4 rings (SSSR count). The number of benzene rings is 3. The predicted molar refractivity (Wildman–Crippen MR) is 94.8 cm³/mol. The highest BCUT2D eigenvalue weighted by Gasteiger charge is 2.16. The van der Waals surface area contributed by atoms with E-state index in [2.05, 4.69) is 23.2 Å². The molecular weight excluding hydrogens is 306 g/mol. The summed E-state index contributed by atoms with van der Waals surface area (Å²) in [4.78, 5) is 4.25. The molecule has 0 saturated carbocycles. The first-order valence-electron chi connectivity index (χ1n) is 7.45. The van der Waals surface area contributed by atoms with Crippen molar-refractivity contribution in [3.63, 3.8) is 0 Å². The Hall–Kier alpha value is -2.42. The fourth-order valence-corrected chi connectivity index (χ4v) is 3.22. The minimum atomic E-state index is -0.816. The Morgan fingerprint density at radius 2 is 1.48 bits per heavy atom. The first kappa shape index (κ1) is 14.2. The number of aromatic nitrogens is 1. The molecule has 0 amide bonds. The van der Waals surface area contributed by atoms with Gasteiger partial charge in [0.1, 0.15) is 11.3 Å². The number of halogens is 1. The zero-order valence-corrected chi connectivity index (χ0v) is 13.0. The Kier molecular flexibility index (Phi) is 3.49. The van der Waals surface area contributed by atoms with Gasteiger partial charge in [-0.3, -0.25) is 0 Å². The van der Waals surface area contributed by atoms with Gasteiger partial charge < -0.3 is 5.11 Å². The molecule has 1 aromatic heterocycles. The van der Waals surface area contributed by atoms with Crippen molar-refractivity contribution in [2.75, 3.05) is 0 Å². The molecule has 0 saturated heterocycles. The van der Waals surface area contributed by atoms with Crippen LogP contribution in [0.15, 0.2) is 72.8 Å². The van der Waals surface area contributed by atoms with Crippen LogP contribution >= 0.6 is 11.6 Å². The number of nitrogens with zero attached hydrogens (tertiary/aromatic N) is 1. The van der Waals surface area contributed by atoms with Crippen LogP contribution in [0.4, 0.5) is 0 Å². The summed E-state index contributed by atoms with van der Waals surface area (Å²) in [5.41, 5.74) is 1.40. The van der Waals surface area contributed by atoms with Crippen LogP contribution in [0, 0.1) is 0 Å². The van der Waals surface area contributed by atoms with Crippen LogP contribution in [-0.2, 0) is 0 Å². The third kappa shape index (κ3) is 2.46. The molecule has 3 aromatic carbocycles. The number of fused-ring (bicyclic) bond motifs is 3. The highest BCUT2D eigenvalue weighted by Crippen LogP contribution is 2.34. The first-order valence-corrected chi connectivity index (χ1v) is 7.83. The minimum absolute atomic E-state index is 0.381. The Bertz CT molecular complexity index is 1010. The quantitative estimate of drug-likeness (QED) is 0.411. The number of aliphatic hydroxyl groups is 1. The average Bonchev–Trinajstić information content (AvgIpc) is 2.60. The highest BCUT2D eigenvalue weighted by molar-refractivity contribution is 6.29. The Labute approximate surface area is 139 Å².